The number of nitrogens with two attached hydrogens (primary N) is 1. The van der Waals surface area contributed by atoms with Crippen LogP contribution in [0.3, 0.4) is 0 Å². The highest BCUT2D eigenvalue weighted by atomic mass is 32.1. The minimum atomic E-state index is -0.270. The number of amides is 1. The summed E-state index contributed by atoms with van der Waals surface area (Å²) in [5.74, 6) is 0.616. The highest BCUT2D eigenvalue weighted by Gasteiger charge is 2.20. The van der Waals surface area contributed by atoms with Crippen LogP contribution in [0.15, 0.2) is 6.33 Å². The molecule has 0 saturated carbocycles. The summed E-state index contributed by atoms with van der Waals surface area (Å²) in [5, 5.41) is 12.8. The van der Waals surface area contributed by atoms with Gasteiger partial charge in [-0.05, 0) is 18.5 Å². The van der Waals surface area contributed by atoms with Gasteiger partial charge in [-0.25, -0.2) is 4.98 Å². The number of anilines is 2. The predicted molar refractivity (Wildman–Crippen MR) is 68.3 cm³/mol. The van der Waals surface area contributed by atoms with E-state index in [1.807, 2.05) is 6.92 Å². The fraction of sp³-hybridized carbons (Fsp3) is 0.333. The van der Waals surface area contributed by atoms with Crippen molar-refractivity contribution in [2.45, 2.75) is 13.0 Å². The first-order valence-corrected chi connectivity index (χ1v) is 5.99. The van der Waals surface area contributed by atoms with Crippen molar-refractivity contribution in [2.24, 2.45) is 0 Å². The molecule has 18 heavy (non-hydrogen) atoms. The summed E-state index contributed by atoms with van der Waals surface area (Å²) in [6.07, 6.45) is 1.42. The lowest BCUT2D eigenvalue weighted by Crippen LogP contribution is -2.20. The van der Waals surface area contributed by atoms with Crippen LogP contribution in [0.1, 0.15) is 29.1 Å². The number of hydrogen-bond acceptors (Lipinski definition) is 7. The van der Waals surface area contributed by atoms with Gasteiger partial charge in [0, 0.05) is 7.05 Å². The fourth-order valence-corrected chi connectivity index (χ4v) is 2.23. The van der Waals surface area contributed by atoms with Crippen molar-refractivity contribution in [3.05, 3.63) is 17.7 Å². The molecule has 2 aromatic rings. The number of rotatable bonds is 4. The maximum absolute atomic E-state index is 11.7. The van der Waals surface area contributed by atoms with Gasteiger partial charge in [-0.1, -0.05) is 0 Å². The lowest BCUT2D eigenvalue weighted by atomic mass is 10.2. The summed E-state index contributed by atoms with van der Waals surface area (Å²) in [6, 6.07) is -0.129. The van der Waals surface area contributed by atoms with E-state index >= 15 is 0 Å². The van der Waals surface area contributed by atoms with Crippen LogP contribution in [0.25, 0.3) is 0 Å². The van der Waals surface area contributed by atoms with Gasteiger partial charge in [0.2, 0.25) is 0 Å². The number of nitrogen functional groups attached to an aromatic ring is 1. The number of aromatic nitrogens is 4. The van der Waals surface area contributed by atoms with E-state index in [0.717, 1.165) is 11.5 Å². The molecule has 0 aliphatic carbocycles. The van der Waals surface area contributed by atoms with Crippen molar-refractivity contribution in [3.8, 4) is 0 Å². The van der Waals surface area contributed by atoms with Crippen molar-refractivity contribution in [3.63, 3.8) is 0 Å². The molecule has 0 radical (unpaired) electrons. The highest BCUT2D eigenvalue weighted by molar-refractivity contribution is 7.11. The first kappa shape index (κ1) is 12.3. The monoisotopic (exact) mass is 267 g/mol. The van der Waals surface area contributed by atoms with E-state index in [-0.39, 0.29) is 17.8 Å². The Kier molecular flexibility index (Phi) is 3.42. The average molecular weight is 267 g/mol. The van der Waals surface area contributed by atoms with Crippen LogP contribution in [0.2, 0.25) is 0 Å². The van der Waals surface area contributed by atoms with Gasteiger partial charge < -0.3 is 16.4 Å². The molecular weight excluding hydrogens is 254 g/mol. The predicted octanol–water partition coefficient (Wildman–Crippen LogP) is 0.376. The molecule has 0 aliphatic rings. The molecule has 1 amide bonds. The lowest BCUT2D eigenvalue weighted by molar-refractivity contribution is 0.0965. The number of H-pyrrole nitrogens is 1. The molecule has 5 N–H and O–H groups in total. The minimum absolute atomic E-state index is 0.129. The molecule has 0 aromatic carbocycles. The number of aromatic amines is 1. The highest BCUT2D eigenvalue weighted by Crippen LogP contribution is 2.29. The largest absolute Gasteiger partial charge is 0.382 e. The van der Waals surface area contributed by atoms with Crippen LogP contribution in [0, 0.1) is 0 Å². The molecule has 0 bridgehead atoms. The maximum Gasteiger partial charge on any atom is 0.257 e. The molecule has 1 unspecified atom stereocenters. The molecule has 9 heteroatoms. The lowest BCUT2D eigenvalue weighted by Gasteiger charge is -2.11. The molecule has 2 aromatic heterocycles. The van der Waals surface area contributed by atoms with Crippen molar-refractivity contribution in [1.29, 1.82) is 0 Å². The van der Waals surface area contributed by atoms with E-state index in [1.54, 1.807) is 7.05 Å². The number of nitrogens with zero attached hydrogens (tertiary/aromatic N) is 3. The number of nitrogens with one attached hydrogen (secondary N) is 3. The Morgan fingerprint density at radius 2 is 2.39 bits per heavy atom. The van der Waals surface area contributed by atoms with Gasteiger partial charge in [0.25, 0.3) is 5.91 Å². The van der Waals surface area contributed by atoms with Gasteiger partial charge in [-0.3, -0.25) is 9.89 Å². The first-order valence-electron chi connectivity index (χ1n) is 5.22. The van der Waals surface area contributed by atoms with Crippen molar-refractivity contribution >= 4 is 28.3 Å². The van der Waals surface area contributed by atoms with Gasteiger partial charge >= 0.3 is 0 Å². The smallest absolute Gasteiger partial charge is 0.257 e. The minimum Gasteiger partial charge on any atom is -0.382 e. The van der Waals surface area contributed by atoms with Crippen molar-refractivity contribution < 1.29 is 4.79 Å². The second-order valence-corrected chi connectivity index (χ2v) is 4.36. The molecule has 0 spiro atoms. The van der Waals surface area contributed by atoms with E-state index in [4.69, 9.17) is 5.73 Å². The summed E-state index contributed by atoms with van der Waals surface area (Å²) < 4.78 is 3.97. The van der Waals surface area contributed by atoms with Crippen LogP contribution in [0.5, 0.6) is 0 Å². The second-order valence-electron chi connectivity index (χ2n) is 3.59. The van der Waals surface area contributed by atoms with Crippen LogP contribution < -0.4 is 16.4 Å². The quantitative estimate of drug-likeness (QED) is 0.635. The number of hydrogen-bond donors (Lipinski definition) is 4. The second kappa shape index (κ2) is 5.00. The molecular formula is C9H13N7OS. The SMILES string of the molecule is CNC(=O)c1c(N)nsc1NC(C)c1ncn[nH]1. The summed E-state index contributed by atoms with van der Waals surface area (Å²) in [5.41, 5.74) is 6.03. The average Bonchev–Trinajstić information content (AvgIpc) is 2.98. The summed E-state index contributed by atoms with van der Waals surface area (Å²) in [4.78, 5) is 15.7. The van der Waals surface area contributed by atoms with Crippen LogP contribution in [0.4, 0.5) is 10.8 Å². The van der Waals surface area contributed by atoms with Crippen LogP contribution in [-0.2, 0) is 0 Å². The van der Waals surface area contributed by atoms with E-state index < -0.39 is 0 Å². The summed E-state index contributed by atoms with van der Waals surface area (Å²) >= 11 is 1.14. The zero-order valence-electron chi connectivity index (χ0n) is 9.89. The molecule has 1 atom stereocenters. The Morgan fingerprint density at radius 3 is 3.00 bits per heavy atom. The number of carbonyl (C=O) groups is 1. The zero-order chi connectivity index (χ0) is 13.1. The van der Waals surface area contributed by atoms with Gasteiger partial charge in [0.05, 0.1) is 6.04 Å². The molecule has 2 rings (SSSR count). The molecule has 0 saturated heterocycles. The summed E-state index contributed by atoms with van der Waals surface area (Å²) in [6.45, 7) is 1.89. The fourth-order valence-electron chi connectivity index (χ4n) is 1.43. The van der Waals surface area contributed by atoms with Gasteiger partial charge in [0.1, 0.15) is 22.7 Å². The first-order chi connectivity index (χ1) is 8.63. The van der Waals surface area contributed by atoms with Crippen molar-refractivity contribution in [1.82, 2.24) is 24.9 Å². The third kappa shape index (κ3) is 2.25. The molecule has 0 fully saturated rings. The Bertz CT molecular complexity index is 535. The van der Waals surface area contributed by atoms with E-state index in [9.17, 15) is 4.79 Å². The Labute approximate surface area is 107 Å². The van der Waals surface area contributed by atoms with Crippen LogP contribution in [-0.4, -0.2) is 32.5 Å². The standard InChI is InChI=1S/C9H13N7OS/c1-4(7-12-3-13-15-7)14-9-5(8(17)11-2)6(10)16-18-9/h3-4,14H,1-2H3,(H2,10,16)(H,11,17)(H,12,13,15). The van der Waals surface area contributed by atoms with E-state index in [2.05, 4.69) is 30.2 Å². The Hall–Kier alpha value is -2.16. The van der Waals surface area contributed by atoms with Crippen molar-refractivity contribution in [2.75, 3.05) is 18.1 Å². The molecule has 0 aliphatic heterocycles. The zero-order valence-corrected chi connectivity index (χ0v) is 10.7. The molecule has 96 valence electrons. The van der Waals surface area contributed by atoms with E-state index in [1.165, 1.54) is 6.33 Å². The number of carbonyl (C=O) groups excluding carboxylic acids is 1. The summed E-state index contributed by atoms with van der Waals surface area (Å²) in [7, 11) is 1.54. The molecule has 2 heterocycles. The van der Waals surface area contributed by atoms with Gasteiger partial charge in [-0.2, -0.15) is 9.47 Å². The Balaban J connectivity index is 2.22. The normalized spacial score (nSPS) is 12.1. The third-order valence-corrected chi connectivity index (χ3v) is 3.16. The molecule has 8 nitrogen and oxygen atoms in total. The van der Waals surface area contributed by atoms with E-state index in [0.29, 0.717) is 16.4 Å². The topological polar surface area (TPSA) is 122 Å². The maximum atomic E-state index is 11.7. The van der Waals surface area contributed by atoms with Gasteiger partial charge in [-0.15, -0.1) is 0 Å². The van der Waals surface area contributed by atoms with Crippen LogP contribution >= 0.6 is 11.5 Å². The Morgan fingerprint density at radius 1 is 1.61 bits per heavy atom. The third-order valence-electron chi connectivity index (χ3n) is 2.36. The van der Waals surface area contributed by atoms with Gasteiger partial charge in [0.15, 0.2) is 5.82 Å².